The van der Waals surface area contributed by atoms with Gasteiger partial charge in [0.05, 0.1) is 7.11 Å². The molecule has 2 aliphatic heterocycles. The molecule has 3 rings (SSSR count). The number of amides is 1. The molecule has 0 saturated carbocycles. The molecule has 1 N–H and O–H groups in total. The number of hydrogen-bond acceptors (Lipinski definition) is 4. The maximum Gasteiger partial charge on any atom is 0.223 e. The van der Waals surface area contributed by atoms with Gasteiger partial charge in [-0.1, -0.05) is 6.07 Å². The highest BCUT2D eigenvalue weighted by Gasteiger charge is 2.20. The van der Waals surface area contributed by atoms with Crippen LogP contribution < -0.4 is 10.1 Å². The molecular weight excluding hydrogens is 314 g/mol. The number of benzene rings is 1. The lowest BCUT2D eigenvalue weighted by Gasteiger charge is -2.31. The van der Waals surface area contributed by atoms with Crippen LogP contribution in [0, 0.1) is 0 Å². The van der Waals surface area contributed by atoms with Gasteiger partial charge in [-0.3, -0.25) is 9.69 Å². The van der Waals surface area contributed by atoms with E-state index in [4.69, 9.17) is 4.74 Å². The monoisotopic (exact) mass is 339 g/mol. The largest absolute Gasteiger partial charge is 0.497 e. The normalized spacial score (nSPS) is 18.0. The molecule has 1 aromatic carbocycles. The van der Waals surface area contributed by atoms with Gasteiger partial charge in [0.25, 0.3) is 0 Å². The minimum Gasteiger partial charge on any atom is -0.497 e. The summed E-state index contributed by atoms with van der Waals surface area (Å²) in [5.41, 5.74) is 2.74. The second-order valence-electron chi connectivity index (χ2n) is 6.04. The van der Waals surface area contributed by atoms with Crippen molar-refractivity contribution in [3.05, 3.63) is 29.3 Å². The number of carbonyl (C=O) groups excluding carboxylic acids is 1. The lowest BCUT2D eigenvalue weighted by molar-refractivity contribution is -0.132. The van der Waals surface area contributed by atoms with Crippen molar-refractivity contribution in [2.75, 3.05) is 46.4 Å². The minimum atomic E-state index is 0. The number of nitrogens with zero attached hydrogens (tertiary/aromatic N) is 2. The van der Waals surface area contributed by atoms with Gasteiger partial charge in [0.15, 0.2) is 0 Å². The van der Waals surface area contributed by atoms with Gasteiger partial charge < -0.3 is 15.0 Å². The molecule has 0 spiro atoms. The third-order valence-electron chi connectivity index (χ3n) is 4.62. The van der Waals surface area contributed by atoms with Crippen LogP contribution in [0.2, 0.25) is 0 Å². The van der Waals surface area contributed by atoms with E-state index in [1.54, 1.807) is 7.11 Å². The van der Waals surface area contributed by atoms with Gasteiger partial charge in [-0.05, 0) is 29.7 Å². The molecule has 0 unspecified atom stereocenters. The number of fused-ring (bicyclic) bond motifs is 1. The van der Waals surface area contributed by atoms with Crippen LogP contribution in [0.5, 0.6) is 5.75 Å². The van der Waals surface area contributed by atoms with E-state index in [2.05, 4.69) is 22.3 Å². The van der Waals surface area contributed by atoms with Crippen molar-refractivity contribution < 1.29 is 9.53 Å². The molecule has 1 fully saturated rings. The maximum atomic E-state index is 12.2. The summed E-state index contributed by atoms with van der Waals surface area (Å²) in [7, 11) is 1.70. The molecular formula is C17H26ClN3O2. The van der Waals surface area contributed by atoms with E-state index in [0.29, 0.717) is 6.42 Å². The molecule has 2 aliphatic rings. The van der Waals surface area contributed by atoms with Gasteiger partial charge in [0.2, 0.25) is 5.91 Å². The van der Waals surface area contributed by atoms with E-state index < -0.39 is 0 Å². The standard InChI is InChI=1S/C17H25N3O2.ClH/c1-22-16-3-2-14-4-8-19(13-15(14)12-16)9-5-17(21)20-10-6-18-7-11-20;/h2-3,12,18H,4-11,13H2,1H3;1H. The van der Waals surface area contributed by atoms with Crippen LogP contribution in [0.4, 0.5) is 0 Å². The average Bonchev–Trinajstić information content (AvgIpc) is 2.59. The number of nitrogens with one attached hydrogen (secondary N) is 1. The molecule has 23 heavy (non-hydrogen) atoms. The van der Waals surface area contributed by atoms with Crippen LogP contribution in [-0.2, 0) is 17.8 Å². The zero-order chi connectivity index (χ0) is 15.4. The van der Waals surface area contributed by atoms with Crippen LogP contribution in [0.25, 0.3) is 0 Å². The highest BCUT2D eigenvalue weighted by atomic mass is 35.5. The van der Waals surface area contributed by atoms with Gasteiger partial charge in [0, 0.05) is 52.2 Å². The van der Waals surface area contributed by atoms with Crippen LogP contribution >= 0.6 is 12.4 Å². The summed E-state index contributed by atoms with van der Waals surface area (Å²) < 4.78 is 5.31. The quantitative estimate of drug-likeness (QED) is 0.898. The van der Waals surface area contributed by atoms with Gasteiger partial charge in [-0.2, -0.15) is 0 Å². The summed E-state index contributed by atoms with van der Waals surface area (Å²) in [4.78, 5) is 16.6. The van der Waals surface area contributed by atoms with Gasteiger partial charge in [-0.25, -0.2) is 0 Å². The van der Waals surface area contributed by atoms with Crippen molar-refractivity contribution in [3.8, 4) is 5.75 Å². The molecule has 0 aliphatic carbocycles. The van der Waals surface area contributed by atoms with E-state index in [0.717, 1.165) is 58.0 Å². The van der Waals surface area contributed by atoms with Gasteiger partial charge in [-0.15, -0.1) is 12.4 Å². The molecule has 1 aromatic rings. The van der Waals surface area contributed by atoms with Crippen molar-refractivity contribution in [2.45, 2.75) is 19.4 Å². The van der Waals surface area contributed by atoms with Crippen molar-refractivity contribution in [1.82, 2.24) is 15.1 Å². The maximum absolute atomic E-state index is 12.2. The first-order valence-electron chi connectivity index (χ1n) is 8.13. The molecule has 128 valence electrons. The van der Waals surface area contributed by atoms with Crippen molar-refractivity contribution >= 4 is 18.3 Å². The second kappa shape index (κ2) is 8.52. The third kappa shape index (κ3) is 4.59. The van der Waals surface area contributed by atoms with Crippen LogP contribution in [-0.4, -0.2) is 62.1 Å². The Labute approximate surface area is 144 Å². The van der Waals surface area contributed by atoms with E-state index in [-0.39, 0.29) is 18.3 Å². The Hall–Kier alpha value is -1.30. The Balaban J connectivity index is 0.00000192. The van der Waals surface area contributed by atoms with E-state index >= 15 is 0 Å². The van der Waals surface area contributed by atoms with Gasteiger partial charge >= 0.3 is 0 Å². The van der Waals surface area contributed by atoms with E-state index in [1.807, 2.05) is 11.0 Å². The van der Waals surface area contributed by atoms with Crippen LogP contribution in [0.15, 0.2) is 18.2 Å². The predicted octanol–water partition coefficient (Wildman–Crippen LogP) is 1.30. The number of rotatable bonds is 4. The number of methoxy groups -OCH3 is 1. The average molecular weight is 340 g/mol. The SMILES string of the molecule is COc1ccc2c(c1)CN(CCC(=O)N1CCNCC1)CC2.Cl. The van der Waals surface area contributed by atoms with E-state index in [9.17, 15) is 4.79 Å². The van der Waals surface area contributed by atoms with Crippen LogP contribution in [0.3, 0.4) is 0 Å². The molecule has 6 heteroatoms. The Morgan fingerprint density at radius 3 is 2.74 bits per heavy atom. The fourth-order valence-corrected chi connectivity index (χ4v) is 3.24. The van der Waals surface area contributed by atoms with Crippen molar-refractivity contribution in [1.29, 1.82) is 0 Å². The Bertz CT molecular complexity index is 533. The highest BCUT2D eigenvalue weighted by molar-refractivity contribution is 5.85. The summed E-state index contributed by atoms with van der Waals surface area (Å²) >= 11 is 0. The molecule has 1 amide bonds. The summed E-state index contributed by atoms with van der Waals surface area (Å²) in [5, 5.41) is 3.28. The molecule has 0 atom stereocenters. The zero-order valence-corrected chi connectivity index (χ0v) is 14.5. The third-order valence-corrected chi connectivity index (χ3v) is 4.62. The van der Waals surface area contributed by atoms with E-state index in [1.165, 1.54) is 11.1 Å². The van der Waals surface area contributed by atoms with Crippen molar-refractivity contribution in [3.63, 3.8) is 0 Å². The molecule has 2 heterocycles. The summed E-state index contributed by atoms with van der Waals surface area (Å²) in [6.45, 7) is 6.33. The zero-order valence-electron chi connectivity index (χ0n) is 13.7. The number of piperazine rings is 1. The molecule has 1 saturated heterocycles. The number of halogens is 1. The first-order chi connectivity index (χ1) is 10.8. The predicted molar refractivity (Wildman–Crippen MR) is 93.3 cm³/mol. The fraction of sp³-hybridized carbons (Fsp3) is 0.588. The van der Waals surface area contributed by atoms with Gasteiger partial charge in [0.1, 0.15) is 5.75 Å². The Morgan fingerprint density at radius 2 is 2.00 bits per heavy atom. The fourth-order valence-electron chi connectivity index (χ4n) is 3.24. The second-order valence-corrected chi connectivity index (χ2v) is 6.04. The topological polar surface area (TPSA) is 44.8 Å². The Morgan fingerprint density at radius 1 is 1.22 bits per heavy atom. The smallest absolute Gasteiger partial charge is 0.223 e. The molecule has 0 bridgehead atoms. The summed E-state index contributed by atoms with van der Waals surface area (Å²) in [6, 6.07) is 6.32. The van der Waals surface area contributed by atoms with Crippen LogP contribution in [0.1, 0.15) is 17.5 Å². The molecule has 0 aromatic heterocycles. The molecule has 0 radical (unpaired) electrons. The summed E-state index contributed by atoms with van der Waals surface area (Å²) in [5.74, 6) is 1.20. The Kier molecular flexibility index (Phi) is 6.69. The number of ether oxygens (including phenoxy) is 1. The lowest BCUT2D eigenvalue weighted by Crippen LogP contribution is -2.47. The first kappa shape index (κ1) is 18.0. The number of carbonyl (C=O) groups is 1. The molecule has 5 nitrogen and oxygen atoms in total. The first-order valence-corrected chi connectivity index (χ1v) is 8.13. The van der Waals surface area contributed by atoms with Crippen molar-refractivity contribution in [2.24, 2.45) is 0 Å². The summed E-state index contributed by atoms with van der Waals surface area (Å²) in [6.07, 6.45) is 1.68. The minimum absolute atomic E-state index is 0. The number of hydrogen-bond donors (Lipinski definition) is 1. The highest BCUT2D eigenvalue weighted by Crippen LogP contribution is 2.23. The lowest BCUT2D eigenvalue weighted by atomic mass is 9.99.